The van der Waals surface area contributed by atoms with Gasteiger partial charge in [0.15, 0.2) is 0 Å². The number of hydrogen-bond donors (Lipinski definition) is 1. The molecule has 0 bridgehead atoms. The highest BCUT2D eigenvalue weighted by Gasteiger charge is 2.21. The molecule has 1 atom stereocenters. The smallest absolute Gasteiger partial charge is 0.333 e. The number of hydrogen-bond acceptors (Lipinski definition) is 4. The maximum absolute atomic E-state index is 11.5. The zero-order valence-electron chi connectivity index (χ0n) is 11.5. The predicted molar refractivity (Wildman–Crippen MR) is 71.3 cm³/mol. The fraction of sp³-hybridized carbons (Fsp3) is 0.786. The average molecular weight is 255 g/mol. The number of carbonyl (C=O) groups excluding carboxylic acids is 1. The zero-order valence-corrected chi connectivity index (χ0v) is 11.5. The molecular formula is C14H25NO3. The van der Waals surface area contributed by atoms with Crippen molar-refractivity contribution in [3.63, 3.8) is 0 Å². The lowest BCUT2D eigenvalue weighted by Gasteiger charge is -2.34. The van der Waals surface area contributed by atoms with Crippen molar-refractivity contribution in [2.75, 3.05) is 26.8 Å². The molecule has 1 unspecified atom stereocenters. The normalized spacial score (nSPS) is 21.9. The number of methoxy groups -OCH3 is 1. The summed E-state index contributed by atoms with van der Waals surface area (Å²) in [5.41, 5.74) is 0.742. The van der Waals surface area contributed by atoms with Crippen molar-refractivity contribution in [2.24, 2.45) is 0 Å². The van der Waals surface area contributed by atoms with Crippen LogP contribution in [0.5, 0.6) is 0 Å². The third kappa shape index (κ3) is 4.42. The summed E-state index contributed by atoms with van der Waals surface area (Å²) in [7, 11) is 1.42. The number of aliphatic hydroxyl groups is 1. The van der Waals surface area contributed by atoms with Crippen LogP contribution in [0.25, 0.3) is 0 Å². The van der Waals surface area contributed by atoms with Gasteiger partial charge in [0.25, 0.3) is 0 Å². The summed E-state index contributed by atoms with van der Waals surface area (Å²) < 4.78 is 4.75. The van der Waals surface area contributed by atoms with E-state index in [2.05, 4.69) is 4.90 Å². The molecule has 1 aliphatic rings. The first-order valence-electron chi connectivity index (χ1n) is 6.85. The maximum atomic E-state index is 11.5. The van der Waals surface area contributed by atoms with E-state index in [-0.39, 0.29) is 12.6 Å². The van der Waals surface area contributed by atoms with E-state index >= 15 is 0 Å². The Bertz CT molecular complexity index is 287. The first-order chi connectivity index (χ1) is 8.72. The summed E-state index contributed by atoms with van der Waals surface area (Å²) in [5, 5.41) is 9.07. The van der Waals surface area contributed by atoms with E-state index in [1.807, 2.05) is 13.0 Å². The van der Waals surface area contributed by atoms with E-state index in [0.29, 0.717) is 12.5 Å². The fourth-order valence-corrected chi connectivity index (χ4v) is 2.51. The Hall–Kier alpha value is -0.870. The lowest BCUT2D eigenvalue weighted by molar-refractivity contribution is -0.136. The van der Waals surface area contributed by atoms with Crippen LogP contribution in [0.1, 0.15) is 39.0 Å². The Morgan fingerprint density at radius 2 is 2.28 bits per heavy atom. The summed E-state index contributed by atoms with van der Waals surface area (Å²) in [5.74, 6) is -0.229. The minimum Gasteiger partial charge on any atom is -0.466 e. The third-order valence-corrected chi connectivity index (χ3v) is 3.61. The number of aliphatic hydroxyl groups excluding tert-OH is 1. The Balaban J connectivity index is 2.57. The minimum absolute atomic E-state index is 0.229. The number of carbonyl (C=O) groups is 1. The average Bonchev–Trinajstić information content (AvgIpc) is 2.41. The number of ether oxygens (including phenoxy) is 1. The van der Waals surface area contributed by atoms with Crippen LogP contribution < -0.4 is 0 Å². The molecule has 1 fully saturated rings. The van der Waals surface area contributed by atoms with Crippen molar-refractivity contribution in [3.05, 3.63) is 11.6 Å². The van der Waals surface area contributed by atoms with Crippen LogP contribution >= 0.6 is 0 Å². The van der Waals surface area contributed by atoms with Crippen LogP contribution in [-0.4, -0.2) is 48.8 Å². The Labute approximate surface area is 110 Å². The van der Waals surface area contributed by atoms with Crippen molar-refractivity contribution in [2.45, 2.75) is 45.1 Å². The molecule has 0 aromatic rings. The molecule has 0 aromatic carbocycles. The van der Waals surface area contributed by atoms with E-state index in [0.717, 1.165) is 31.5 Å². The quantitative estimate of drug-likeness (QED) is 0.580. The number of piperidine rings is 1. The summed E-state index contributed by atoms with van der Waals surface area (Å²) in [6.45, 7) is 4.04. The SMILES string of the molecule is CCC(=CCN1CCCCC1CCO)C(=O)OC. The van der Waals surface area contributed by atoms with Gasteiger partial charge in [-0.2, -0.15) is 0 Å². The van der Waals surface area contributed by atoms with Gasteiger partial charge >= 0.3 is 5.97 Å². The van der Waals surface area contributed by atoms with Gasteiger partial charge in [0.2, 0.25) is 0 Å². The molecule has 4 heteroatoms. The molecule has 0 aromatic heterocycles. The molecule has 0 spiro atoms. The summed E-state index contributed by atoms with van der Waals surface area (Å²) in [6.07, 6.45) is 7.09. The van der Waals surface area contributed by atoms with E-state index in [1.54, 1.807) is 0 Å². The fourth-order valence-electron chi connectivity index (χ4n) is 2.51. The van der Waals surface area contributed by atoms with Crippen LogP contribution in [0.2, 0.25) is 0 Å². The topological polar surface area (TPSA) is 49.8 Å². The zero-order chi connectivity index (χ0) is 13.4. The lowest BCUT2D eigenvalue weighted by atomic mass is 9.99. The van der Waals surface area contributed by atoms with Gasteiger partial charge in [-0.25, -0.2) is 4.79 Å². The monoisotopic (exact) mass is 255 g/mol. The molecule has 1 N–H and O–H groups in total. The van der Waals surface area contributed by atoms with E-state index in [9.17, 15) is 4.79 Å². The second-order valence-electron chi connectivity index (χ2n) is 4.73. The molecule has 0 amide bonds. The summed E-state index contributed by atoms with van der Waals surface area (Å²) in [6, 6.07) is 0.454. The van der Waals surface area contributed by atoms with Gasteiger partial charge in [-0.1, -0.05) is 19.4 Å². The summed E-state index contributed by atoms with van der Waals surface area (Å²) >= 11 is 0. The van der Waals surface area contributed by atoms with Crippen molar-refractivity contribution < 1.29 is 14.6 Å². The molecule has 1 saturated heterocycles. The number of nitrogens with zero attached hydrogens (tertiary/aromatic N) is 1. The van der Waals surface area contributed by atoms with E-state index in [4.69, 9.17) is 9.84 Å². The molecule has 18 heavy (non-hydrogen) atoms. The highest BCUT2D eigenvalue weighted by molar-refractivity contribution is 5.88. The van der Waals surface area contributed by atoms with Crippen molar-refractivity contribution in [1.29, 1.82) is 0 Å². The van der Waals surface area contributed by atoms with Gasteiger partial charge in [0.05, 0.1) is 7.11 Å². The van der Waals surface area contributed by atoms with Crippen LogP contribution in [0.4, 0.5) is 0 Å². The molecule has 4 nitrogen and oxygen atoms in total. The van der Waals surface area contributed by atoms with E-state index < -0.39 is 0 Å². The standard InChI is InChI=1S/C14H25NO3/c1-3-12(14(17)18-2)7-10-15-9-5-4-6-13(15)8-11-16/h7,13,16H,3-6,8-11H2,1-2H3. The van der Waals surface area contributed by atoms with Gasteiger partial charge < -0.3 is 9.84 Å². The van der Waals surface area contributed by atoms with Crippen molar-refractivity contribution in [1.82, 2.24) is 4.90 Å². The molecule has 1 heterocycles. The van der Waals surface area contributed by atoms with Gasteiger partial charge in [-0.3, -0.25) is 4.90 Å². The highest BCUT2D eigenvalue weighted by Crippen LogP contribution is 2.19. The van der Waals surface area contributed by atoms with Gasteiger partial charge in [0, 0.05) is 24.8 Å². The van der Waals surface area contributed by atoms with Crippen molar-refractivity contribution >= 4 is 5.97 Å². The number of likely N-dealkylation sites (tertiary alicyclic amines) is 1. The Morgan fingerprint density at radius 3 is 2.89 bits per heavy atom. The first-order valence-corrected chi connectivity index (χ1v) is 6.85. The van der Waals surface area contributed by atoms with Gasteiger partial charge in [0.1, 0.15) is 0 Å². The predicted octanol–water partition coefficient (Wildman–Crippen LogP) is 1.73. The Kier molecular flexibility index (Phi) is 6.98. The maximum Gasteiger partial charge on any atom is 0.333 e. The molecule has 1 rings (SSSR count). The van der Waals surface area contributed by atoms with Crippen LogP contribution in [0.15, 0.2) is 11.6 Å². The lowest BCUT2D eigenvalue weighted by Crippen LogP contribution is -2.40. The first kappa shape index (κ1) is 15.2. The van der Waals surface area contributed by atoms with Gasteiger partial charge in [-0.05, 0) is 32.2 Å². The highest BCUT2D eigenvalue weighted by atomic mass is 16.5. The molecular weight excluding hydrogens is 230 g/mol. The minimum atomic E-state index is -0.229. The second-order valence-corrected chi connectivity index (χ2v) is 4.73. The van der Waals surface area contributed by atoms with Crippen LogP contribution in [0, 0.1) is 0 Å². The second kappa shape index (κ2) is 8.27. The molecule has 0 aliphatic carbocycles. The number of rotatable bonds is 6. The van der Waals surface area contributed by atoms with Crippen LogP contribution in [0.3, 0.4) is 0 Å². The molecule has 1 aliphatic heterocycles. The largest absolute Gasteiger partial charge is 0.466 e. The summed E-state index contributed by atoms with van der Waals surface area (Å²) in [4.78, 5) is 13.8. The van der Waals surface area contributed by atoms with Crippen LogP contribution in [-0.2, 0) is 9.53 Å². The Morgan fingerprint density at radius 1 is 1.50 bits per heavy atom. The van der Waals surface area contributed by atoms with Gasteiger partial charge in [-0.15, -0.1) is 0 Å². The number of esters is 1. The third-order valence-electron chi connectivity index (χ3n) is 3.61. The molecule has 104 valence electrons. The van der Waals surface area contributed by atoms with E-state index in [1.165, 1.54) is 20.0 Å². The van der Waals surface area contributed by atoms with Crippen molar-refractivity contribution in [3.8, 4) is 0 Å². The molecule has 0 radical (unpaired) electrons. The molecule has 0 saturated carbocycles.